The van der Waals surface area contributed by atoms with Gasteiger partial charge in [-0.3, -0.25) is 9.59 Å². The lowest BCUT2D eigenvalue weighted by Gasteiger charge is -2.35. The molecule has 2 N–H and O–H groups in total. The molecule has 0 aromatic carbocycles. The normalized spacial score (nSPS) is 26.9. The molecule has 2 unspecified atom stereocenters. The summed E-state index contributed by atoms with van der Waals surface area (Å²) in [6.45, 7) is 5.90. The Hall–Kier alpha value is -1.63. The second-order valence-electron chi connectivity index (χ2n) is 7.83. The Morgan fingerprint density at radius 3 is 2.56 bits per heavy atom. The molecule has 0 aromatic heterocycles. The number of amides is 1. The van der Waals surface area contributed by atoms with Crippen LogP contribution in [0.5, 0.6) is 0 Å². The average molecular weight is 383 g/mol. The van der Waals surface area contributed by atoms with Crippen LogP contribution in [0.2, 0.25) is 0 Å². The molecule has 1 aliphatic carbocycles. The van der Waals surface area contributed by atoms with Crippen molar-refractivity contribution >= 4 is 17.8 Å². The number of carbonyl (C=O) groups is 3. The number of esters is 1. The van der Waals surface area contributed by atoms with E-state index in [2.05, 4.69) is 5.32 Å². The predicted molar refractivity (Wildman–Crippen MR) is 101 cm³/mol. The first kappa shape index (κ1) is 21.7. The summed E-state index contributed by atoms with van der Waals surface area (Å²) in [5, 5.41) is 12.9. The van der Waals surface area contributed by atoms with Crippen LogP contribution in [0.3, 0.4) is 0 Å². The minimum atomic E-state index is -0.915. The second kappa shape index (κ2) is 10.1. The van der Waals surface area contributed by atoms with E-state index < -0.39 is 18.1 Å². The Balaban J connectivity index is 2.06. The molecular weight excluding hydrogens is 348 g/mol. The van der Waals surface area contributed by atoms with Crippen molar-refractivity contribution < 1.29 is 24.2 Å². The summed E-state index contributed by atoms with van der Waals surface area (Å²) < 4.78 is 5.03. The fraction of sp³-hybridized carbons (Fsp3) is 0.850. The molecule has 2 rings (SSSR count). The van der Waals surface area contributed by atoms with E-state index in [9.17, 15) is 19.5 Å². The van der Waals surface area contributed by atoms with Gasteiger partial charge in [-0.2, -0.15) is 0 Å². The highest BCUT2D eigenvalue weighted by molar-refractivity contribution is 5.88. The number of rotatable bonds is 9. The topological polar surface area (TPSA) is 95.9 Å². The van der Waals surface area contributed by atoms with Crippen LogP contribution in [0.4, 0.5) is 0 Å². The molecule has 2 fully saturated rings. The van der Waals surface area contributed by atoms with E-state index in [0.29, 0.717) is 18.9 Å². The minimum Gasteiger partial charge on any atom is -0.480 e. The minimum absolute atomic E-state index is 0.0336. The molecule has 0 radical (unpaired) electrons. The van der Waals surface area contributed by atoms with Gasteiger partial charge in [0.15, 0.2) is 0 Å². The number of ether oxygens (including phenoxy) is 1. The number of hydrogen-bond donors (Lipinski definition) is 2. The summed E-state index contributed by atoms with van der Waals surface area (Å²) in [4.78, 5) is 38.4. The van der Waals surface area contributed by atoms with E-state index >= 15 is 0 Å². The average Bonchev–Trinajstić information content (AvgIpc) is 3.01. The van der Waals surface area contributed by atoms with E-state index in [4.69, 9.17) is 4.74 Å². The number of likely N-dealkylation sites (tertiary alicyclic amines) is 1. The third kappa shape index (κ3) is 5.43. The number of carbonyl (C=O) groups excluding carboxylic acids is 2. The number of fused-ring (bicyclic) bond motifs is 1. The first-order valence-electron chi connectivity index (χ1n) is 10.4. The Morgan fingerprint density at radius 1 is 1.22 bits per heavy atom. The van der Waals surface area contributed by atoms with E-state index in [1.54, 1.807) is 18.7 Å². The molecule has 0 spiro atoms. The van der Waals surface area contributed by atoms with Gasteiger partial charge in [-0.25, -0.2) is 4.79 Å². The van der Waals surface area contributed by atoms with Crippen molar-refractivity contribution in [2.75, 3.05) is 6.61 Å². The molecule has 1 saturated heterocycles. The van der Waals surface area contributed by atoms with Crippen molar-refractivity contribution in [1.82, 2.24) is 10.2 Å². The standard InChI is InChI=1S/C20H34N2O5/c1-4-8-15(12-18(23)27-5-2)21-13(3)19(24)22-16-10-7-6-9-14(16)11-17(22)20(25)26/h13-17,21H,4-12H2,1-3H3,(H,25,26)/t13-,14?,15-,16?,17-/m0/s1. The molecule has 154 valence electrons. The monoisotopic (exact) mass is 382 g/mol. The number of nitrogens with one attached hydrogen (secondary N) is 1. The number of nitrogens with zero attached hydrogens (tertiary/aromatic N) is 1. The van der Waals surface area contributed by atoms with Crippen LogP contribution in [0.1, 0.15) is 72.1 Å². The Labute approximate surface area is 161 Å². The van der Waals surface area contributed by atoms with Gasteiger partial charge in [0, 0.05) is 12.1 Å². The van der Waals surface area contributed by atoms with Crippen LogP contribution in [-0.4, -0.2) is 58.6 Å². The van der Waals surface area contributed by atoms with Gasteiger partial charge in [0.25, 0.3) is 0 Å². The van der Waals surface area contributed by atoms with Crippen molar-refractivity contribution in [2.24, 2.45) is 5.92 Å². The van der Waals surface area contributed by atoms with Crippen LogP contribution in [0.25, 0.3) is 0 Å². The van der Waals surface area contributed by atoms with Gasteiger partial charge in [0.1, 0.15) is 6.04 Å². The van der Waals surface area contributed by atoms with Crippen molar-refractivity contribution in [1.29, 1.82) is 0 Å². The van der Waals surface area contributed by atoms with Gasteiger partial charge in [-0.15, -0.1) is 0 Å². The predicted octanol–water partition coefficient (Wildman–Crippen LogP) is 2.33. The Kier molecular flexibility index (Phi) is 8.07. The highest BCUT2D eigenvalue weighted by Crippen LogP contribution is 2.40. The van der Waals surface area contributed by atoms with Gasteiger partial charge >= 0.3 is 11.9 Å². The Morgan fingerprint density at radius 2 is 1.93 bits per heavy atom. The van der Waals surface area contributed by atoms with Gasteiger partial charge in [-0.05, 0) is 45.4 Å². The lowest BCUT2D eigenvalue weighted by molar-refractivity contribution is -0.150. The maximum atomic E-state index is 13.2. The largest absolute Gasteiger partial charge is 0.480 e. The van der Waals surface area contributed by atoms with Crippen molar-refractivity contribution in [3.63, 3.8) is 0 Å². The molecule has 2 aliphatic rings. The highest BCUT2D eigenvalue weighted by Gasteiger charge is 2.48. The summed E-state index contributed by atoms with van der Waals surface area (Å²) in [7, 11) is 0. The first-order valence-corrected chi connectivity index (χ1v) is 10.4. The highest BCUT2D eigenvalue weighted by atomic mass is 16.5. The summed E-state index contributed by atoms with van der Waals surface area (Å²) in [6, 6.07) is -1.38. The zero-order chi connectivity index (χ0) is 20.0. The molecule has 0 bridgehead atoms. The molecule has 0 aromatic rings. The molecule has 5 atom stereocenters. The number of carboxylic acids is 1. The number of carboxylic acid groups (broad SMARTS) is 1. The molecule has 7 heteroatoms. The summed E-state index contributed by atoms with van der Waals surface area (Å²) in [6.07, 6.45) is 6.44. The lowest BCUT2D eigenvalue weighted by Crippen LogP contribution is -2.54. The summed E-state index contributed by atoms with van der Waals surface area (Å²) in [5.41, 5.74) is 0. The van der Waals surface area contributed by atoms with E-state index in [0.717, 1.165) is 38.5 Å². The fourth-order valence-corrected chi connectivity index (χ4v) is 4.66. The SMILES string of the molecule is CCC[C@@H](CC(=O)OCC)N[C@@H](C)C(=O)N1C2CCCCC2C[C@H]1C(=O)O. The maximum Gasteiger partial charge on any atom is 0.326 e. The van der Waals surface area contributed by atoms with Crippen molar-refractivity contribution in [2.45, 2.75) is 96.3 Å². The maximum absolute atomic E-state index is 13.2. The number of aliphatic carboxylic acids is 1. The van der Waals surface area contributed by atoms with Crippen molar-refractivity contribution in [3.05, 3.63) is 0 Å². The molecular formula is C20H34N2O5. The quantitative estimate of drug-likeness (QED) is 0.594. The van der Waals surface area contributed by atoms with Crippen molar-refractivity contribution in [3.8, 4) is 0 Å². The molecule has 1 heterocycles. The summed E-state index contributed by atoms with van der Waals surface area (Å²) >= 11 is 0. The van der Waals surface area contributed by atoms with Crippen LogP contribution < -0.4 is 5.32 Å². The zero-order valence-electron chi connectivity index (χ0n) is 16.8. The number of hydrogen-bond acceptors (Lipinski definition) is 5. The molecule has 1 saturated carbocycles. The lowest BCUT2D eigenvalue weighted by atomic mass is 9.84. The van der Waals surface area contributed by atoms with Crippen LogP contribution in [-0.2, 0) is 19.1 Å². The summed E-state index contributed by atoms with van der Waals surface area (Å²) in [5.74, 6) is -1.06. The van der Waals surface area contributed by atoms with Gasteiger partial charge in [-0.1, -0.05) is 26.2 Å². The fourth-order valence-electron chi connectivity index (χ4n) is 4.66. The van der Waals surface area contributed by atoms with Gasteiger partial charge in [0.05, 0.1) is 19.1 Å². The van der Waals surface area contributed by atoms with Crippen LogP contribution >= 0.6 is 0 Å². The van der Waals surface area contributed by atoms with Crippen LogP contribution in [0, 0.1) is 5.92 Å². The van der Waals surface area contributed by atoms with Gasteiger partial charge in [0.2, 0.25) is 5.91 Å². The molecule has 7 nitrogen and oxygen atoms in total. The van der Waals surface area contributed by atoms with E-state index in [-0.39, 0.29) is 30.4 Å². The third-order valence-corrected chi connectivity index (χ3v) is 5.84. The third-order valence-electron chi connectivity index (χ3n) is 5.84. The Bertz CT molecular complexity index is 538. The molecule has 1 amide bonds. The zero-order valence-corrected chi connectivity index (χ0v) is 16.8. The van der Waals surface area contributed by atoms with E-state index in [1.807, 2.05) is 6.92 Å². The van der Waals surface area contributed by atoms with Gasteiger partial charge < -0.3 is 20.1 Å². The van der Waals surface area contributed by atoms with Crippen LogP contribution in [0.15, 0.2) is 0 Å². The van der Waals surface area contributed by atoms with E-state index in [1.165, 1.54) is 0 Å². The smallest absolute Gasteiger partial charge is 0.326 e. The molecule has 1 aliphatic heterocycles. The second-order valence-corrected chi connectivity index (χ2v) is 7.83. The first-order chi connectivity index (χ1) is 12.9. The molecule has 27 heavy (non-hydrogen) atoms.